The number of carbonyl (C=O) groups is 1. The van der Waals surface area contributed by atoms with Gasteiger partial charge in [-0.1, -0.05) is 0 Å². The van der Waals surface area contributed by atoms with Crippen LogP contribution in [0, 0.1) is 16.0 Å². The Morgan fingerprint density at radius 3 is 2.48 bits per heavy atom. The van der Waals surface area contributed by atoms with Crippen LogP contribution < -0.4 is 4.90 Å². The number of non-ortho nitro benzene ring substituents is 1. The number of nitrogens with zero attached hydrogens (tertiary/aromatic N) is 2. The van der Waals surface area contributed by atoms with Gasteiger partial charge in [0.1, 0.15) is 0 Å². The fraction of sp³-hybridized carbons (Fsp3) is 0.533. The molecular weight excluding hydrogens is 272 g/mol. The molecule has 1 saturated heterocycles. The number of benzene rings is 1. The predicted molar refractivity (Wildman–Crippen MR) is 79.3 cm³/mol. The first-order valence-electron chi connectivity index (χ1n) is 7.19. The summed E-state index contributed by atoms with van der Waals surface area (Å²) in [5.74, 6) is 0.358. The molecule has 1 fully saturated rings. The minimum Gasteiger partial charge on any atom is -0.466 e. The van der Waals surface area contributed by atoms with E-state index < -0.39 is 0 Å². The molecule has 0 spiro atoms. The second-order valence-corrected chi connectivity index (χ2v) is 5.33. The highest BCUT2D eigenvalue weighted by molar-refractivity contribution is 5.65. The summed E-state index contributed by atoms with van der Waals surface area (Å²) in [6, 6.07) is 6.69. The van der Waals surface area contributed by atoms with Crippen molar-refractivity contribution in [2.45, 2.75) is 26.2 Å². The molecule has 1 aliphatic rings. The molecule has 6 nitrogen and oxygen atoms in total. The fourth-order valence-corrected chi connectivity index (χ4v) is 2.63. The summed E-state index contributed by atoms with van der Waals surface area (Å²) in [4.78, 5) is 23.2. The lowest BCUT2D eigenvalue weighted by molar-refractivity contribution is -0.384. The Morgan fingerprint density at radius 1 is 1.33 bits per heavy atom. The first-order chi connectivity index (χ1) is 10.1. The van der Waals surface area contributed by atoms with Crippen LogP contribution in [0.4, 0.5) is 11.4 Å². The Kier molecular flexibility index (Phi) is 5.14. The average Bonchev–Trinajstić information content (AvgIpc) is 2.48. The average molecular weight is 292 g/mol. The number of hydrogen-bond acceptors (Lipinski definition) is 5. The molecule has 0 aliphatic carbocycles. The second kappa shape index (κ2) is 7.06. The molecule has 0 N–H and O–H groups in total. The maximum Gasteiger partial charge on any atom is 0.302 e. The molecule has 21 heavy (non-hydrogen) atoms. The first-order valence-corrected chi connectivity index (χ1v) is 7.19. The molecule has 1 aliphatic heterocycles. The van der Waals surface area contributed by atoms with Gasteiger partial charge in [0.25, 0.3) is 5.69 Å². The van der Waals surface area contributed by atoms with Crippen LogP contribution in [0.3, 0.4) is 0 Å². The lowest BCUT2D eigenvalue weighted by Gasteiger charge is -2.33. The van der Waals surface area contributed by atoms with E-state index in [9.17, 15) is 14.9 Å². The molecule has 114 valence electrons. The lowest BCUT2D eigenvalue weighted by atomic mass is 9.93. The molecule has 2 rings (SSSR count). The Hall–Kier alpha value is -2.11. The van der Waals surface area contributed by atoms with Gasteiger partial charge in [0.15, 0.2) is 0 Å². The number of ether oxygens (including phenoxy) is 1. The monoisotopic (exact) mass is 292 g/mol. The molecule has 6 heteroatoms. The first kappa shape index (κ1) is 15.3. The number of carbonyl (C=O) groups excluding carboxylic acids is 1. The van der Waals surface area contributed by atoms with Gasteiger partial charge in [-0.2, -0.15) is 0 Å². The normalized spacial score (nSPS) is 15.8. The number of anilines is 1. The third kappa shape index (κ3) is 4.44. The van der Waals surface area contributed by atoms with Crippen LogP contribution >= 0.6 is 0 Å². The zero-order valence-corrected chi connectivity index (χ0v) is 12.2. The molecule has 0 aromatic heterocycles. The molecular formula is C15H20N2O4. The highest BCUT2D eigenvalue weighted by Crippen LogP contribution is 2.26. The summed E-state index contributed by atoms with van der Waals surface area (Å²) in [6.07, 6.45) is 3.02. The summed E-state index contributed by atoms with van der Waals surface area (Å²) in [5, 5.41) is 10.6. The van der Waals surface area contributed by atoms with E-state index >= 15 is 0 Å². The van der Waals surface area contributed by atoms with Crippen molar-refractivity contribution in [3.05, 3.63) is 34.4 Å². The van der Waals surface area contributed by atoms with Gasteiger partial charge in [-0.05, 0) is 37.3 Å². The van der Waals surface area contributed by atoms with Crippen LogP contribution in [0.2, 0.25) is 0 Å². The second-order valence-electron chi connectivity index (χ2n) is 5.33. The SMILES string of the molecule is CC(=O)OCCC1CCN(c2ccc([N+](=O)[O-])cc2)CC1. The number of hydrogen-bond donors (Lipinski definition) is 0. The van der Waals surface area contributed by atoms with Crippen LogP contribution in [0.15, 0.2) is 24.3 Å². The number of rotatable bonds is 5. The molecule has 0 atom stereocenters. The van der Waals surface area contributed by atoms with Crippen molar-refractivity contribution in [3.8, 4) is 0 Å². The van der Waals surface area contributed by atoms with Crippen molar-refractivity contribution in [2.75, 3.05) is 24.6 Å². The van der Waals surface area contributed by atoms with Crippen molar-refractivity contribution < 1.29 is 14.5 Å². The van der Waals surface area contributed by atoms with Gasteiger partial charge in [0, 0.05) is 37.8 Å². The van der Waals surface area contributed by atoms with Crippen molar-refractivity contribution in [1.82, 2.24) is 0 Å². The van der Waals surface area contributed by atoms with Crippen LogP contribution in [-0.4, -0.2) is 30.6 Å². The molecule has 1 heterocycles. The van der Waals surface area contributed by atoms with Crippen molar-refractivity contribution in [1.29, 1.82) is 0 Å². The topological polar surface area (TPSA) is 72.7 Å². The predicted octanol–water partition coefficient (Wildman–Crippen LogP) is 2.76. The van der Waals surface area contributed by atoms with Gasteiger partial charge in [0.05, 0.1) is 11.5 Å². The minimum absolute atomic E-state index is 0.120. The zero-order chi connectivity index (χ0) is 15.2. The molecule has 0 amide bonds. The van der Waals surface area contributed by atoms with E-state index in [1.165, 1.54) is 6.92 Å². The van der Waals surface area contributed by atoms with E-state index in [2.05, 4.69) is 4.90 Å². The molecule has 0 radical (unpaired) electrons. The Balaban J connectivity index is 1.80. The summed E-state index contributed by atoms with van der Waals surface area (Å²) >= 11 is 0. The standard InChI is InChI=1S/C15H20N2O4/c1-12(18)21-11-8-13-6-9-16(10-7-13)14-2-4-15(5-3-14)17(19)20/h2-5,13H,6-11H2,1H3. The van der Waals surface area contributed by atoms with E-state index in [0.29, 0.717) is 12.5 Å². The Morgan fingerprint density at radius 2 is 1.95 bits per heavy atom. The van der Waals surface area contributed by atoms with E-state index in [0.717, 1.165) is 38.0 Å². The quantitative estimate of drug-likeness (QED) is 0.474. The van der Waals surface area contributed by atoms with E-state index in [1.807, 2.05) is 0 Å². The summed E-state index contributed by atoms with van der Waals surface area (Å²) < 4.78 is 4.98. The van der Waals surface area contributed by atoms with Gasteiger partial charge >= 0.3 is 5.97 Å². The Labute approximate surface area is 123 Å². The molecule has 1 aromatic rings. The largest absolute Gasteiger partial charge is 0.466 e. The number of nitro benzene ring substituents is 1. The summed E-state index contributed by atoms with van der Waals surface area (Å²) in [5.41, 5.74) is 1.15. The minimum atomic E-state index is -0.384. The zero-order valence-electron chi connectivity index (χ0n) is 12.2. The van der Waals surface area contributed by atoms with Gasteiger partial charge in [-0.3, -0.25) is 14.9 Å². The number of esters is 1. The fourth-order valence-electron chi connectivity index (χ4n) is 2.63. The van der Waals surface area contributed by atoms with Gasteiger partial charge in [-0.25, -0.2) is 0 Å². The molecule has 0 saturated carbocycles. The maximum atomic E-state index is 10.7. The van der Waals surface area contributed by atoms with Crippen LogP contribution in [0.5, 0.6) is 0 Å². The van der Waals surface area contributed by atoms with Crippen molar-refractivity contribution in [2.24, 2.45) is 5.92 Å². The number of piperidine rings is 1. The van der Waals surface area contributed by atoms with Crippen LogP contribution in [0.25, 0.3) is 0 Å². The number of nitro groups is 1. The third-order valence-corrected chi connectivity index (χ3v) is 3.87. The van der Waals surface area contributed by atoms with E-state index in [-0.39, 0.29) is 16.6 Å². The maximum absolute atomic E-state index is 10.7. The van der Waals surface area contributed by atoms with E-state index in [4.69, 9.17) is 4.74 Å². The van der Waals surface area contributed by atoms with Gasteiger partial charge in [0.2, 0.25) is 0 Å². The summed E-state index contributed by atoms with van der Waals surface area (Å²) in [6.45, 7) is 3.79. The van der Waals surface area contributed by atoms with Gasteiger partial charge in [-0.15, -0.1) is 0 Å². The highest BCUT2D eigenvalue weighted by atomic mass is 16.6. The molecule has 0 bridgehead atoms. The van der Waals surface area contributed by atoms with Crippen LogP contribution in [-0.2, 0) is 9.53 Å². The van der Waals surface area contributed by atoms with E-state index in [1.54, 1.807) is 24.3 Å². The van der Waals surface area contributed by atoms with Crippen molar-refractivity contribution >= 4 is 17.3 Å². The highest BCUT2D eigenvalue weighted by Gasteiger charge is 2.20. The lowest BCUT2D eigenvalue weighted by Crippen LogP contribution is -2.34. The molecule has 0 unspecified atom stereocenters. The van der Waals surface area contributed by atoms with Gasteiger partial charge < -0.3 is 9.64 Å². The van der Waals surface area contributed by atoms with Crippen LogP contribution in [0.1, 0.15) is 26.2 Å². The summed E-state index contributed by atoms with van der Waals surface area (Å²) in [7, 11) is 0. The third-order valence-electron chi connectivity index (χ3n) is 3.87. The smallest absolute Gasteiger partial charge is 0.302 e. The Bertz CT molecular complexity index is 493. The van der Waals surface area contributed by atoms with Crippen molar-refractivity contribution in [3.63, 3.8) is 0 Å². The molecule has 1 aromatic carbocycles.